The lowest BCUT2D eigenvalue weighted by atomic mass is 9.78. The van der Waals surface area contributed by atoms with Crippen molar-refractivity contribution in [2.75, 3.05) is 0 Å². The van der Waals surface area contributed by atoms with Gasteiger partial charge in [-0.15, -0.1) is 0 Å². The van der Waals surface area contributed by atoms with Crippen LogP contribution in [-0.2, 0) is 5.41 Å². The van der Waals surface area contributed by atoms with Crippen molar-refractivity contribution < 1.29 is 15.3 Å². The molecule has 0 unspecified atom stereocenters. The molecule has 5 aromatic carbocycles. The molecule has 0 bridgehead atoms. The molecule has 3 heteroatoms. The second-order valence-electron chi connectivity index (χ2n) is 10.5. The van der Waals surface area contributed by atoms with E-state index in [1.807, 2.05) is 62.4 Å². The Labute approximate surface area is 231 Å². The van der Waals surface area contributed by atoms with Crippen LogP contribution in [0.4, 0.5) is 0 Å². The van der Waals surface area contributed by atoms with Crippen LogP contribution in [0, 0.1) is 13.8 Å². The highest BCUT2D eigenvalue weighted by atomic mass is 16.3. The number of hydrogen-bond donors (Lipinski definition) is 3. The van der Waals surface area contributed by atoms with Gasteiger partial charge in [0.25, 0.3) is 0 Å². The molecule has 39 heavy (non-hydrogen) atoms. The van der Waals surface area contributed by atoms with E-state index in [-0.39, 0.29) is 22.8 Å². The average molecular weight is 517 g/mol. The van der Waals surface area contributed by atoms with Gasteiger partial charge in [-0.05, 0) is 89.2 Å². The Morgan fingerprint density at radius 3 is 1.36 bits per heavy atom. The van der Waals surface area contributed by atoms with Crippen LogP contribution in [0.15, 0.2) is 121 Å². The molecule has 0 spiro atoms. The molecule has 0 aliphatic heterocycles. The van der Waals surface area contributed by atoms with Gasteiger partial charge in [-0.2, -0.15) is 0 Å². The Kier molecular flexibility index (Phi) is 8.41. The Hall–Kier alpha value is -4.50. The largest absolute Gasteiger partial charge is 0.508 e. The highest BCUT2D eigenvalue weighted by Crippen LogP contribution is 2.37. The van der Waals surface area contributed by atoms with Gasteiger partial charge in [0.2, 0.25) is 0 Å². The number of aryl methyl sites for hydroxylation is 2. The summed E-state index contributed by atoms with van der Waals surface area (Å²) in [6.07, 6.45) is 0. The zero-order valence-corrected chi connectivity index (χ0v) is 23.0. The third-order valence-electron chi connectivity index (χ3n) is 7.35. The minimum atomic E-state index is -0.0328. The van der Waals surface area contributed by atoms with E-state index in [0.29, 0.717) is 5.75 Å². The number of aromatic hydroxyl groups is 3. The van der Waals surface area contributed by atoms with E-state index in [1.165, 1.54) is 16.7 Å². The molecule has 0 aliphatic carbocycles. The SMILES string of the molecule is CC(C)(c1ccccc1)c1ccc(O)cc1.Cc1cc(O)ccc1C(c1ccccc1)c1ccc(O)cc1C. The number of hydrogen-bond acceptors (Lipinski definition) is 3. The van der Waals surface area contributed by atoms with Crippen molar-refractivity contribution in [2.45, 2.75) is 39.0 Å². The monoisotopic (exact) mass is 516 g/mol. The Morgan fingerprint density at radius 1 is 0.487 bits per heavy atom. The summed E-state index contributed by atoms with van der Waals surface area (Å²) in [6, 6.07) is 39.1. The molecule has 0 amide bonds. The van der Waals surface area contributed by atoms with Gasteiger partial charge in [0.05, 0.1) is 0 Å². The van der Waals surface area contributed by atoms with Crippen LogP contribution >= 0.6 is 0 Å². The van der Waals surface area contributed by atoms with Crippen molar-refractivity contribution >= 4 is 0 Å². The third-order valence-corrected chi connectivity index (χ3v) is 7.35. The van der Waals surface area contributed by atoms with Crippen molar-refractivity contribution in [3.8, 4) is 17.2 Å². The van der Waals surface area contributed by atoms with Gasteiger partial charge < -0.3 is 15.3 Å². The van der Waals surface area contributed by atoms with Crippen molar-refractivity contribution in [1.82, 2.24) is 0 Å². The zero-order valence-electron chi connectivity index (χ0n) is 23.0. The summed E-state index contributed by atoms with van der Waals surface area (Å²) in [6.45, 7) is 8.41. The highest BCUT2D eigenvalue weighted by Gasteiger charge is 2.22. The minimum Gasteiger partial charge on any atom is -0.508 e. The first-order valence-electron chi connectivity index (χ1n) is 13.2. The van der Waals surface area contributed by atoms with Crippen molar-refractivity contribution in [2.24, 2.45) is 0 Å². The second kappa shape index (κ2) is 11.9. The van der Waals surface area contributed by atoms with E-state index in [1.54, 1.807) is 36.4 Å². The summed E-state index contributed by atoms with van der Waals surface area (Å²) in [7, 11) is 0. The minimum absolute atomic E-state index is 0.0328. The van der Waals surface area contributed by atoms with Gasteiger partial charge in [-0.25, -0.2) is 0 Å². The van der Waals surface area contributed by atoms with Gasteiger partial charge in [0.15, 0.2) is 0 Å². The molecule has 198 valence electrons. The molecule has 0 atom stereocenters. The van der Waals surface area contributed by atoms with Crippen LogP contribution in [-0.4, -0.2) is 15.3 Å². The van der Waals surface area contributed by atoms with Gasteiger partial charge >= 0.3 is 0 Å². The van der Waals surface area contributed by atoms with Gasteiger partial charge in [-0.3, -0.25) is 0 Å². The number of benzene rings is 5. The smallest absolute Gasteiger partial charge is 0.115 e. The van der Waals surface area contributed by atoms with E-state index < -0.39 is 0 Å². The lowest BCUT2D eigenvalue weighted by Crippen LogP contribution is -2.18. The van der Waals surface area contributed by atoms with Gasteiger partial charge in [0, 0.05) is 11.3 Å². The van der Waals surface area contributed by atoms with E-state index in [2.05, 4.69) is 50.2 Å². The molecular formula is C36H36O3. The maximum atomic E-state index is 9.72. The van der Waals surface area contributed by atoms with Crippen LogP contribution < -0.4 is 0 Å². The predicted octanol–water partition coefficient (Wildman–Crippen LogP) is 8.61. The first-order valence-corrected chi connectivity index (χ1v) is 13.2. The van der Waals surface area contributed by atoms with Crippen LogP contribution in [0.5, 0.6) is 17.2 Å². The average Bonchev–Trinajstić information content (AvgIpc) is 2.93. The Bertz CT molecular complexity index is 1450. The van der Waals surface area contributed by atoms with Crippen molar-refractivity contribution in [3.05, 3.63) is 160 Å². The molecule has 0 aromatic heterocycles. The molecule has 0 radical (unpaired) electrons. The summed E-state index contributed by atoms with van der Waals surface area (Å²) >= 11 is 0. The topological polar surface area (TPSA) is 60.7 Å². The molecule has 0 saturated carbocycles. The summed E-state index contributed by atoms with van der Waals surface area (Å²) in [5.74, 6) is 0.936. The maximum absolute atomic E-state index is 9.72. The lowest BCUT2D eigenvalue weighted by Gasteiger charge is -2.26. The number of phenolic OH excluding ortho intramolecular Hbond substituents is 3. The molecule has 3 nitrogen and oxygen atoms in total. The fourth-order valence-corrected chi connectivity index (χ4v) is 5.04. The summed E-state index contributed by atoms with van der Waals surface area (Å²) in [5.41, 5.74) is 8.05. The second-order valence-corrected chi connectivity index (χ2v) is 10.5. The Morgan fingerprint density at radius 2 is 0.897 bits per heavy atom. The number of phenols is 3. The van der Waals surface area contributed by atoms with E-state index in [4.69, 9.17) is 0 Å². The van der Waals surface area contributed by atoms with Crippen molar-refractivity contribution in [1.29, 1.82) is 0 Å². The fourth-order valence-electron chi connectivity index (χ4n) is 5.04. The first kappa shape index (κ1) is 27.5. The molecule has 0 heterocycles. The van der Waals surface area contributed by atoms with Crippen LogP contribution in [0.3, 0.4) is 0 Å². The lowest BCUT2D eigenvalue weighted by molar-refractivity contribution is 0.473. The predicted molar refractivity (Wildman–Crippen MR) is 160 cm³/mol. The standard InChI is InChI=1S/C21H20O2.C15H16O/c1-14-12-17(22)8-10-19(14)21(16-6-4-3-5-7-16)20-11-9-18(23)13-15(20)2;1-15(2,12-6-4-3-5-7-12)13-8-10-14(16)11-9-13/h3-13,21-23H,1-2H3;3-11,16H,1-2H3. The first-order chi connectivity index (χ1) is 18.7. The van der Waals surface area contributed by atoms with E-state index in [0.717, 1.165) is 22.3 Å². The van der Waals surface area contributed by atoms with Crippen molar-refractivity contribution in [3.63, 3.8) is 0 Å². The molecule has 0 saturated heterocycles. The van der Waals surface area contributed by atoms with Crippen LogP contribution in [0.1, 0.15) is 58.7 Å². The van der Waals surface area contributed by atoms with Gasteiger partial charge in [0.1, 0.15) is 17.2 Å². The quantitative estimate of drug-likeness (QED) is 0.205. The maximum Gasteiger partial charge on any atom is 0.115 e. The van der Waals surface area contributed by atoms with E-state index in [9.17, 15) is 15.3 Å². The molecule has 5 rings (SSSR count). The molecule has 3 N–H and O–H groups in total. The molecular weight excluding hydrogens is 480 g/mol. The van der Waals surface area contributed by atoms with Gasteiger partial charge in [-0.1, -0.05) is 98.8 Å². The summed E-state index contributed by atoms with van der Waals surface area (Å²) in [5, 5.41) is 28.7. The highest BCUT2D eigenvalue weighted by molar-refractivity contribution is 5.51. The number of rotatable bonds is 5. The fraction of sp³-hybridized carbons (Fsp3) is 0.167. The molecule has 0 fully saturated rings. The zero-order chi connectivity index (χ0) is 28.0. The molecule has 5 aromatic rings. The molecule has 0 aliphatic rings. The Balaban J connectivity index is 0.000000193. The third kappa shape index (κ3) is 6.50. The summed E-state index contributed by atoms with van der Waals surface area (Å²) in [4.78, 5) is 0. The van der Waals surface area contributed by atoms with Crippen LogP contribution in [0.25, 0.3) is 0 Å². The van der Waals surface area contributed by atoms with E-state index >= 15 is 0 Å². The normalized spacial score (nSPS) is 11.1. The summed E-state index contributed by atoms with van der Waals surface area (Å²) < 4.78 is 0. The van der Waals surface area contributed by atoms with Crippen LogP contribution in [0.2, 0.25) is 0 Å².